The van der Waals surface area contributed by atoms with Crippen LogP contribution < -0.4 is 10.6 Å². The predicted molar refractivity (Wildman–Crippen MR) is 75.5 cm³/mol. The van der Waals surface area contributed by atoms with Crippen molar-refractivity contribution in [1.29, 1.82) is 5.26 Å². The molecule has 18 heavy (non-hydrogen) atoms. The third kappa shape index (κ3) is 3.76. The van der Waals surface area contributed by atoms with Crippen LogP contribution in [0.3, 0.4) is 0 Å². The van der Waals surface area contributed by atoms with E-state index in [0.717, 1.165) is 5.75 Å². The number of carbonyl (C=O) groups is 1. The zero-order valence-electron chi connectivity index (χ0n) is 10.6. The summed E-state index contributed by atoms with van der Waals surface area (Å²) < 4.78 is 0. The highest BCUT2D eigenvalue weighted by atomic mass is 32.2. The lowest BCUT2D eigenvalue weighted by Crippen LogP contribution is -2.42. The highest BCUT2D eigenvalue weighted by molar-refractivity contribution is 7.98. The van der Waals surface area contributed by atoms with E-state index < -0.39 is 6.04 Å². The van der Waals surface area contributed by atoms with Crippen molar-refractivity contribution >= 4 is 23.4 Å². The van der Waals surface area contributed by atoms with Crippen molar-refractivity contribution in [1.82, 2.24) is 0 Å². The van der Waals surface area contributed by atoms with E-state index in [1.807, 2.05) is 6.26 Å². The molecule has 4 nitrogen and oxygen atoms in total. The molecule has 0 saturated carbocycles. The number of rotatable bonds is 5. The molecule has 1 rings (SSSR count). The van der Waals surface area contributed by atoms with Crippen molar-refractivity contribution in [3.63, 3.8) is 0 Å². The number of hydrogen-bond acceptors (Lipinski definition) is 4. The van der Waals surface area contributed by atoms with Crippen molar-refractivity contribution < 1.29 is 4.79 Å². The first kappa shape index (κ1) is 14.6. The van der Waals surface area contributed by atoms with E-state index in [0.29, 0.717) is 17.7 Å². The third-order valence-electron chi connectivity index (χ3n) is 2.64. The molecule has 0 aliphatic heterocycles. The highest BCUT2D eigenvalue weighted by Gasteiger charge is 2.18. The van der Waals surface area contributed by atoms with Gasteiger partial charge in [-0.25, -0.2) is 0 Å². The number of anilines is 1. The van der Waals surface area contributed by atoms with Gasteiger partial charge in [0, 0.05) is 12.7 Å². The molecule has 0 saturated heterocycles. The van der Waals surface area contributed by atoms with Gasteiger partial charge in [0.05, 0.1) is 17.7 Å². The Hall–Kier alpha value is -1.51. The molecule has 0 fully saturated rings. The van der Waals surface area contributed by atoms with Crippen LogP contribution in [-0.2, 0) is 4.79 Å². The average Bonchev–Trinajstić information content (AvgIpc) is 2.43. The molecular weight excluding hydrogens is 246 g/mol. The molecule has 0 radical (unpaired) electrons. The summed E-state index contributed by atoms with van der Waals surface area (Å²) in [5, 5.41) is 8.83. The Labute approximate surface area is 112 Å². The summed E-state index contributed by atoms with van der Waals surface area (Å²) >= 11 is 1.67. The molecule has 1 aromatic carbocycles. The third-order valence-corrected chi connectivity index (χ3v) is 3.29. The number of hydrogen-bond donors (Lipinski definition) is 1. The second kappa shape index (κ2) is 7.04. The predicted octanol–water partition coefficient (Wildman–Crippen LogP) is 1.60. The first-order chi connectivity index (χ1) is 8.60. The Morgan fingerprint density at radius 3 is 2.94 bits per heavy atom. The minimum Gasteiger partial charge on any atom is -0.320 e. The average molecular weight is 263 g/mol. The van der Waals surface area contributed by atoms with Crippen LogP contribution in [0, 0.1) is 11.3 Å². The molecule has 0 spiro atoms. The second-order valence-electron chi connectivity index (χ2n) is 3.95. The largest absolute Gasteiger partial charge is 0.320 e. The summed E-state index contributed by atoms with van der Waals surface area (Å²) in [4.78, 5) is 13.6. The fourth-order valence-electron chi connectivity index (χ4n) is 1.53. The van der Waals surface area contributed by atoms with Gasteiger partial charge in [0.2, 0.25) is 5.91 Å². The van der Waals surface area contributed by atoms with E-state index in [2.05, 4.69) is 6.07 Å². The molecule has 1 amide bonds. The standard InChI is InChI=1S/C13H17N3OS/c1-16(13(17)12(15)6-7-18-2)11-5-3-4-10(8-11)9-14/h3-5,8,12H,6-7,15H2,1-2H3/t12-/m0/s1. The summed E-state index contributed by atoms with van der Waals surface area (Å²) in [5.74, 6) is 0.734. The van der Waals surface area contributed by atoms with Crippen LogP contribution in [0.2, 0.25) is 0 Å². The van der Waals surface area contributed by atoms with Crippen molar-refractivity contribution in [2.45, 2.75) is 12.5 Å². The highest BCUT2D eigenvalue weighted by Crippen LogP contribution is 2.15. The number of likely N-dealkylation sites (N-methyl/N-ethyl adjacent to an activating group) is 1. The SMILES string of the molecule is CSCC[C@H](N)C(=O)N(C)c1cccc(C#N)c1. The van der Waals surface area contributed by atoms with E-state index in [-0.39, 0.29) is 5.91 Å². The lowest BCUT2D eigenvalue weighted by molar-refractivity contribution is -0.119. The lowest BCUT2D eigenvalue weighted by atomic mass is 10.1. The van der Waals surface area contributed by atoms with Crippen molar-refractivity contribution in [2.24, 2.45) is 5.73 Å². The minimum atomic E-state index is -0.492. The number of nitrogens with two attached hydrogens (primary N) is 1. The van der Waals surface area contributed by atoms with Crippen LogP contribution in [0.15, 0.2) is 24.3 Å². The van der Waals surface area contributed by atoms with E-state index in [1.165, 1.54) is 4.90 Å². The first-order valence-corrected chi connectivity index (χ1v) is 7.01. The normalized spacial score (nSPS) is 11.7. The first-order valence-electron chi connectivity index (χ1n) is 5.62. The van der Waals surface area contributed by atoms with Gasteiger partial charge in [-0.3, -0.25) is 4.79 Å². The van der Waals surface area contributed by atoms with Crippen LogP contribution >= 0.6 is 11.8 Å². The van der Waals surface area contributed by atoms with E-state index in [4.69, 9.17) is 11.0 Å². The van der Waals surface area contributed by atoms with E-state index >= 15 is 0 Å². The van der Waals surface area contributed by atoms with Crippen LogP contribution in [0.4, 0.5) is 5.69 Å². The number of nitriles is 1. The van der Waals surface area contributed by atoms with Crippen LogP contribution in [-0.4, -0.2) is 31.0 Å². The number of thioether (sulfide) groups is 1. The van der Waals surface area contributed by atoms with Crippen LogP contribution in [0.5, 0.6) is 0 Å². The molecular formula is C13H17N3OS. The Morgan fingerprint density at radius 1 is 1.61 bits per heavy atom. The van der Waals surface area contributed by atoms with Crippen molar-refractivity contribution in [2.75, 3.05) is 24.0 Å². The quantitative estimate of drug-likeness (QED) is 0.876. The topological polar surface area (TPSA) is 70.1 Å². The van der Waals surface area contributed by atoms with E-state index in [9.17, 15) is 4.79 Å². The summed E-state index contributed by atoms with van der Waals surface area (Å²) in [5.41, 5.74) is 7.07. The van der Waals surface area contributed by atoms with Gasteiger partial charge in [-0.1, -0.05) is 6.07 Å². The molecule has 0 aromatic heterocycles. The summed E-state index contributed by atoms with van der Waals surface area (Å²) in [6.07, 6.45) is 2.64. The van der Waals surface area contributed by atoms with Gasteiger partial charge in [-0.05, 0) is 36.6 Å². The zero-order valence-corrected chi connectivity index (χ0v) is 11.4. The van der Waals surface area contributed by atoms with Crippen LogP contribution in [0.25, 0.3) is 0 Å². The smallest absolute Gasteiger partial charge is 0.243 e. The molecule has 0 bridgehead atoms. The summed E-state index contributed by atoms with van der Waals surface area (Å²) in [7, 11) is 1.68. The summed E-state index contributed by atoms with van der Waals surface area (Å²) in [6, 6.07) is 8.49. The van der Waals surface area contributed by atoms with Crippen molar-refractivity contribution in [3.8, 4) is 6.07 Å². The van der Waals surface area contributed by atoms with Gasteiger partial charge in [0.1, 0.15) is 0 Å². The molecule has 0 aliphatic carbocycles. The van der Waals surface area contributed by atoms with Gasteiger partial charge in [-0.2, -0.15) is 17.0 Å². The zero-order chi connectivity index (χ0) is 13.5. The second-order valence-corrected chi connectivity index (χ2v) is 4.93. The Balaban J connectivity index is 2.76. The number of nitrogens with zero attached hydrogens (tertiary/aromatic N) is 2. The molecule has 0 aliphatic rings. The molecule has 0 unspecified atom stereocenters. The van der Waals surface area contributed by atoms with Crippen molar-refractivity contribution in [3.05, 3.63) is 29.8 Å². The minimum absolute atomic E-state index is 0.126. The lowest BCUT2D eigenvalue weighted by Gasteiger charge is -2.21. The van der Waals surface area contributed by atoms with Gasteiger partial charge >= 0.3 is 0 Å². The number of benzene rings is 1. The molecule has 5 heteroatoms. The maximum Gasteiger partial charge on any atom is 0.243 e. The molecule has 1 atom stereocenters. The molecule has 2 N–H and O–H groups in total. The molecule has 0 heterocycles. The molecule has 1 aromatic rings. The number of amides is 1. The van der Waals surface area contributed by atoms with Crippen LogP contribution in [0.1, 0.15) is 12.0 Å². The molecule has 96 valence electrons. The Bertz CT molecular complexity index is 456. The number of carbonyl (C=O) groups excluding carboxylic acids is 1. The fourth-order valence-corrected chi connectivity index (χ4v) is 2.02. The van der Waals surface area contributed by atoms with Gasteiger partial charge in [-0.15, -0.1) is 0 Å². The maximum absolute atomic E-state index is 12.1. The monoisotopic (exact) mass is 263 g/mol. The maximum atomic E-state index is 12.1. The van der Waals surface area contributed by atoms with E-state index in [1.54, 1.807) is 43.1 Å². The Kier molecular flexibility index (Phi) is 5.69. The van der Waals surface area contributed by atoms with Gasteiger partial charge in [0.15, 0.2) is 0 Å². The van der Waals surface area contributed by atoms with Gasteiger partial charge < -0.3 is 10.6 Å². The Morgan fingerprint density at radius 2 is 2.33 bits per heavy atom. The fraction of sp³-hybridized carbons (Fsp3) is 0.385. The van der Waals surface area contributed by atoms with Gasteiger partial charge in [0.25, 0.3) is 0 Å². The summed E-state index contributed by atoms with van der Waals surface area (Å²) in [6.45, 7) is 0.